The lowest BCUT2D eigenvalue weighted by atomic mass is 9.98. The fourth-order valence-corrected chi connectivity index (χ4v) is 4.98. The third kappa shape index (κ3) is 4.70. The van der Waals surface area contributed by atoms with Crippen molar-refractivity contribution in [3.63, 3.8) is 0 Å². The molecule has 1 atom stereocenters. The molecular weight excluding hydrogens is 548 g/mol. The summed E-state index contributed by atoms with van der Waals surface area (Å²) in [5, 5.41) is 8.69. The van der Waals surface area contributed by atoms with E-state index in [1.165, 1.54) is 0 Å². The Bertz CT molecular complexity index is 1600. The third-order valence-electron chi connectivity index (χ3n) is 6.50. The van der Waals surface area contributed by atoms with Gasteiger partial charge >= 0.3 is 0 Å². The predicted molar refractivity (Wildman–Crippen MR) is 153 cm³/mol. The molecule has 0 fully saturated rings. The second-order valence-electron chi connectivity index (χ2n) is 8.79. The van der Waals surface area contributed by atoms with E-state index in [0.717, 1.165) is 55.6 Å². The molecule has 0 radical (unpaired) electrons. The highest BCUT2D eigenvalue weighted by atomic mass is 79.9. The van der Waals surface area contributed by atoms with E-state index in [2.05, 4.69) is 40.2 Å². The summed E-state index contributed by atoms with van der Waals surface area (Å²) in [4.78, 5) is 10.0. The molecule has 1 unspecified atom stereocenters. The van der Waals surface area contributed by atoms with Crippen LogP contribution in [0.5, 0.6) is 5.75 Å². The van der Waals surface area contributed by atoms with Crippen LogP contribution in [0.25, 0.3) is 22.2 Å². The molecule has 7 heteroatoms. The van der Waals surface area contributed by atoms with Crippen LogP contribution < -0.4 is 9.75 Å². The quantitative estimate of drug-likeness (QED) is 0.215. The molecule has 0 aliphatic carbocycles. The number of hydrazone groups is 1. The molecule has 4 aromatic carbocycles. The lowest BCUT2D eigenvalue weighted by Gasteiger charge is -2.23. The average molecular weight is 570 g/mol. The molecule has 2 heterocycles. The molecular formula is C30H22BrClN4O. The van der Waals surface area contributed by atoms with Crippen LogP contribution in [-0.4, -0.2) is 22.8 Å². The molecule has 1 aliphatic rings. The zero-order valence-corrected chi connectivity index (χ0v) is 22.3. The highest BCUT2D eigenvalue weighted by molar-refractivity contribution is 9.10. The van der Waals surface area contributed by atoms with Gasteiger partial charge in [0.15, 0.2) is 0 Å². The first-order valence-electron chi connectivity index (χ1n) is 11.9. The van der Waals surface area contributed by atoms with Crippen LogP contribution in [0, 0.1) is 0 Å². The molecule has 0 saturated heterocycles. The number of halogens is 2. The monoisotopic (exact) mass is 568 g/mol. The Kier molecular flexibility index (Phi) is 6.37. The van der Waals surface area contributed by atoms with Crippen molar-refractivity contribution in [2.45, 2.75) is 12.5 Å². The highest BCUT2D eigenvalue weighted by Crippen LogP contribution is 2.38. The number of nitrogens with zero attached hydrogens (tertiary/aromatic N) is 4. The van der Waals surface area contributed by atoms with Crippen molar-refractivity contribution in [2.75, 3.05) is 12.1 Å². The van der Waals surface area contributed by atoms with Crippen molar-refractivity contribution >= 4 is 50.1 Å². The lowest BCUT2D eigenvalue weighted by Crippen LogP contribution is -2.21. The maximum atomic E-state index is 6.17. The van der Waals surface area contributed by atoms with Crippen molar-refractivity contribution < 1.29 is 4.74 Å². The standard InChI is InChI=1S/C30H22BrClN4O/c1-37-24-16-10-19(11-17-24)27-18-28(20-6-12-22(31)13-7-20)36(35-27)30-33-26-5-3-2-4-25(26)29(34-30)21-8-14-23(32)15-9-21/h2-17,28H,18H2,1H3. The van der Waals surface area contributed by atoms with E-state index in [0.29, 0.717) is 11.0 Å². The molecule has 0 spiro atoms. The lowest BCUT2D eigenvalue weighted by molar-refractivity contribution is 0.415. The summed E-state index contributed by atoms with van der Waals surface area (Å²) < 4.78 is 6.38. The zero-order chi connectivity index (χ0) is 25.4. The van der Waals surface area contributed by atoms with Crippen molar-refractivity contribution in [3.05, 3.63) is 118 Å². The van der Waals surface area contributed by atoms with Crippen molar-refractivity contribution in [2.24, 2.45) is 5.10 Å². The molecule has 0 amide bonds. The molecule has 1 aromatic heterocycles. The molecule has 6 rings (SSSR count). The van der Waals surface area contributed by atoms with E-state index in [-0.39, 0.29) is 6.04 Å². The third-order valence-corrected chi connectivity index (χ3v) is 7.28. The minimum Gasteiger partial charge on any atom is -0.497 e. The number of para-hydroxylation sites is 1. The predicted octanol–water partition coefficient (Wildman–Crippen LogP) is 8.08. The molecule has 0 saturated carbocycles. The van der Waals surface area contributed by atoms with Crippen LogP contribution in [0.2, 0.25) is 5.02 Å². The summed E-state index contributed by atoms with van der Waals surface area (Å²) >= 11 is 9.73. The smallest absolute Gasteiger partial charge is 0.247 e. The summed E-state index contributed by atoms with van der Waals surface area (Å²) in [6, 6.07) is 32.1. The summed E-state index contributed by atoms with van der Waals surface area (Å²) in [5.41, 5.74) is 5.84. The summed E-state index contributed by atoms with van der Waals surface area (Å²) in [7, 11) is 1.67. The fourth-order valence-electron chi connectivity index (χ4n) is 4.59. The fraction of sp³-hybridized carbons (Fsp3) is 0.100. The van der Waals surface area contributed by atoms with Crippen LogP contribution in [0.3, 0.4) is 0 Å². The molecule has 182 valence electrons. The number of hydrogen-bond donors (Lipinski definition) is 0. The maximum absolute atomic E-state index is 6.17. The van der Waals surface area contributed by atoms with Gasteiger partial charge < -0.3 is 4.74 Å². The van der Waals surface area contributed by atoms with Gasteiger partial charge in [-0.05, 0) is 65.7 Å². The van der Waals surface area contributed by atoms with Crippen molar-refractivity contribution in [1.82, 2.24) is 9.97 Å². The first kappa shape index (κ1) is 23.6. The van der Waals surface area contributed by atoms with Crippen LogP contribution >= 0.6 is 27.5 Å². The molecule has 0 bridgehead atoms. The number of aromatic nitrogens is 2. The molecule has 1 aliphatic heterocycles. The highest BCUT2D eigenvalue weighted by Gasteiger charge is 2.32. The first-order chi connectivity index (χ1) is 18.1. The van der Waals surface area contributed by atoms with Gasteiger partial charge in [0.1, 0.15) is 5.75 Å². The van der Waals surface area contributed by atoms with E-state index in [1.54, 1.807) is 7.11 Å². The molecule has 5 nitrogen and oxygen atoms in total. The first-order valence-corrected chi connectivity index (χ1v) is 13.1. The van der Waals surface area contributed by atoms with Gasteiger partial charge in [-0.15, -0.1) is 0 Å². The number of anilines is 1. The van der Waals surface area contributed by atoms with Gasteiger partial charge in [0.25, 0.3) is 0 Å². The Hall–Kier alpha value is -3.74. The van der Waals surface area contributed by atoms with Gasteiger partial charge in [-0.1, -0.05) is 70.0 Å². The maximum Gasteiger partial charge on any atom is 0.247 e. The van der Waals surface area contributed by atoms with Gasteiger partial charge in [0.05, 0.1) is 30.1 Å². The van der Waals surface area contributed by atoms with Crippen LogP contribution in [-0.2, 0) is 0 Å². The van der Waals surface area contributed by atoms with E-state index in [1.807, 2.05) is 77.8 Å². The number of hydrogen-bond acceptors (Lipinski definition) is 5. The van der Waals surface area contributed by atoms with Crippen LogP contribution in [0.15, 0.2) is 107 Å². The van der Waals surface area contributed by atoms with E-state index in [9.17, 15) is 0 Å². The van der Waals surface area contributed by atoms with Gasteiger partial charge in [-0.2, -0.15) is 5.10 Å². The molecule has 0 N–H and O–H groups in total. The van der Waals surface area contributed by atoms with Crippen LogP contribution in [0.1, 0.15) is 23.6 Å². The molecule has 5 aromatic rings. The number of methoxy groups -OCH3 is 1. The van der Waals surface area contributed by atoms with Gasteiger partial charge in [0.2, 0.25) is 5.95 Å². The minimum atomic E-state index is -0.0515. The van der Waals surface area contributed by atoms with Gasteiger partial charge in [-0.3, -0.25) is 0 Å². The largest absolute Gasteiger partial charge is 0.497 e. The van der Waals surface area contributed by atoms with Gasteiger partial charge in [-0.25, -0.2) is 15.0 Å². The number of fused-ring (bicyclic) bond motifs is 1. The summed E-state index contributed by atoms with van der Waals surface area (Å²) in [6.07, 6.45) is 0.723. The summed E-state index contributed by atoms with van der Waals surface area (Å²) in [6.45, 7) is 0. The van der Waals surface area contributed by atoms with E-state index < -0.39 is 0 Å². The van der Waals surface area contributed by atoms with Crippen LogP contribution in [0.4, 0.5) is 5.95 Å². The average Bonchev–Trinajstić information content (AvgIpc) is 3.39. The van der Waals surface area contributed by atoms with Crippen molar-refractivity contribution in [1.29, 1.82) is 0 Å². The number of rotatable bonds is 5. The summed E-state index contributed by atoms with van der Waals surface area (Å²) in [5.74, 6) is 1.37. The topological polar surface area (TPSA) is 50.6 Å². The Morgan fingerprint density at radius 1 is 0.838 bits per heavy atom. The van der Waals surface area contributed by atoms with Crippen molar-refractivity contribution in [3.8, 4) is 17.0 Å². The van der Waals surface area contributed by atoms with E-state index >= 15 is 0 Å². The Balaban J connectivity index is 1.50. The Morgan fingerprint density at radius 3 is 2.27 bits per heavy atom. The Morgan fingerprint density at radius 2 is 1.54 bits per heavy atom. The SMILES string of the molecule is COc1ccc(C2=NN(c3nc(-c4ccc(Cl)cc4)c4ccccc4n3)C(c3ccc(Br)cc3)C2)cc1. The second-order valence-corrected chi connectivity index (χ2v) is 10.1. The Labute approximate surface area is 228 Å². The number of benzene rings is 4. The second kappa shape index (κ2) is 9.96. The zero-order valence-electron chi connectivity index (χ0n) is 20.0. The normalized spacial score (nSPS) is 15.2. The van der Waals surface area contributed by atoms with E-state index in [4.69, 9.17) is 31.4 Å². The number of ether oxygens (including phenoxy) is 1. The minimum absolute atomic E-state index is 0.0515. The molecule has 37 heavy (non-hydrogen) atoms. The van der Waals surface area contributed by atoms with Gasteiger partial charge in [0, 0.05) is 26.9 Å².